The Kier molecular flexibility index (Phi) is 4.37. The van der Waals surface area contributed by atoms with Gasteiger partial charge in [-0.05, 0) is 54.4 Å². The van der Waals surface area contributed by atoms with Gasteiger partial charge in [-0.3, -0.25) is 9.59 Å². The van der Waals surface area contributed by atoms with Gasteiger partial charge in [0.25, 0.3) is 11.1 Å². The Hall–Kier alpha value is -1.91. The van der Waals surface area contributed by atoms with Gasteiger partial charge in [0.15, 0.2) is 0 Å². The number of nitrogens with one attached hydrogen (secondary N) is 1. The molecule has 0 unspecified atom stereocenters. The highest BCUT2D eigenvalue weighted by molar-refractivity contribution is 6.67. The van der Waals surface area contributed by atoms with Crippen molar-refractivity contribution in [3.63, 3.8) is 0 Å². The van der Waals surface area contributed by atoms with E-state index in [0.717, 1.165) is 5.56 Å². The van der Waals surface area contributed by atoms with E-state index in [1.165, 1.54) is 18.3 Å². The fourth-order valence-electron chi connectivity index (χ4n) is 1.65. The van der Waals surface area contributed by atoms with Crippen molar-refractivity contribution in [1.82, 2.24) is 4.98 Å². The molecule has 0 saturated heterocycles. The van der Waals surface area contributed by atoms with E-state index in [2.05, 4.69) is 10.3 Å². The highest BCUT2D eigenvalue weighted by Gasteiger charge is 2.10. The van der Waals surface area contributed by atoms with E-state index in [-0.39, 0.29) is 11.5 Å². The van der Waals surface area contributed by atoms with Gasteiger partial charge in [0, 0.05) is 16.8 Å². The third kappa shape index (κ3) is 3.35. The normalized spacial score (nSPS) is 10.2. The largest absolute Gasteiger partial charge is 0.307 e. The van der Waals surface area contributed by atoms with Crippen molar-refractivity contribution in [2.24, 2.45) is 0 Å². The van der Waals surface area contributed by atoms with E-state index in [1.54, 1.807) is 25.1 Å². The Bertz CT molecular complexity index is 669. The Morgan fingerprint density at radius 2 is 1.95 bits per heavy atom. The van der Waals surface area contributed by atoms with Crippen LogP contribution in [0.2, 0.25) is 5.02 Å². The lowest BCUT2D eigenvalue weighted by Gasteiger charge is -2.07. The first kappa shape index (κ1) is 14.5. The lowest BCUT2D eigenvalue weighted by Crippen LogP contribution is -2.14. The van der Waals surface area contributed by atoms with Crippen molar-refractivity contribution in [2.75, 3.05) is 5.32 Å². The molecular formula is C14H10Cl2N2O2. The second kappa shape index (κ2) is 6.03. The molecule has 6 heteroatoms. The molecule has 2 aromatic rings. The number of hydrogen-bond acceptors (Lipinski definition) is 3. The Labute approximate surface area is 125 Å². The van der Waals surface area contributed by atoms with Crippen LogP contribution in [0.5, 0.6) is 0 Å². The number of nitrogens with zero attached hydrogens (tertiary/aromatic N) is 1. The number of anilines is 1. The minimum atomic E-state index is -0.594. The summed E-state index contributed by atoms with van der Waals surface area (Å²) >= 11 is 11.2. The molecule has 1 aromatic carbocycles. The van der Waals surface area contributed by atoms with Crippen molar-refractivity contribution in [3.05, 3.63) is 58.2 Å². The Morgan fingerprint density at radius 3 is 2.50 bits per heavy atom. The molecule has 4 nitrogen and oxygen atoms in total. The fourth-order valence-corrected chi connectivity index (χ4v) is 1.99. The first-order valence-electron chi connectivity index (χ1n) is 5.71. The van der Waals surface area contributed by atoms with E-state index in [9.17, 15) is 9.59 Å². The number of aryl methyl sites for hydroxylation is 1. The summed E-state index contributed by atoms with van der Waals surface area (Å²) in [4.78, 5) is 26.9. The average Bonchev–Trinajstić information content (AvgIpc) is 2.39. The molecule has 1 heterocycles. The van der Waals surface area contributed by atoms with Crippen LogP contribution in [0.15, 0.2) is 36.5 Å². The number of hydrogen-bond donors (Lipinski definition) is 1. The maximum Gasteiger partial charge on any atom is 0.257 e. The molecule has 1 amide bonds. The number of carbonyl (C=O) groups is 2. The van der Waals surface area contributed by atoms with Gasteiger partial charge in [-0.1, -0.05) is 11.6 Å². The summed E-state index contributed by atoms with van der Waals surface area (Å²) in [6.45, 7) is 1.80. The number of carbonyl (C=O) groups excluding carboxylic acids is 2. The van der Waals surface area contributed by atoms with Gasteiger partial charge in [0.1, 0.15) is 5.82 Å². The molecule has 0 fully saturated rings. The summed E-state index contributed by atoms with van der Waals surface area (Å²) in [6.07, 6.45) is 1.31. The monoisotopic (exact) mass is 308 g/mol. The molecule has 0 aliphatic carbocycles. The van der Waals surface area contributed by atoms with Gasteiger partial charge >= 0.3 is 0 Å². The van der Waals surface area contributed by atoms with Crippen LogP contribution >= 0.6 is 23.2 Å². The van der Waals surface area contributed by atoms with Gasteiger partial charge in [0.05, 0.1) is 5.56 Å². The number of halogens is 2. The molecular weight excluding hydrogens is 299 g/mol. The van der Waals surface area contributed by atoms with E-state index in [4.69, 9.17) is 23.2 Å². The zero-order valence-electron chi connectivity index (χ0n) is 10.5. The molecule has 102 valence electrons. The van der Waals surface area contributed by atoms with Crippen LogP contribution in [-0.4, -0.2) is 16.1 Å². The second-order valence-corrected chi connectivity index (χ2v) is 4.90. The van der Waals surface area contributed by atoms with Crippen molar-refractivity contribution in [1.29, 1.82) is 0 Å². The van der Waals surface area contributed by atoms with Gasteiger partial charge in [-0.15, -0.1) is 0 Å². The van der Waals surface area contributed by atoms with Gasteiger partial charge in [0.2, 0.25) is 0 Å². The second-order valence-electron chi connectivity index (χ2n) is 4.12. The van der Waals surface area contributed by atoms with Crippen LogP contribution in [-0.2, 0) is 0 Å². The van der Waals surface area contributed by atoms with Crippen molar-refractivity contribution in [2.45, 2.75) is 6.92 Å². The van der Waals surface area contributed by atoms with E-state index in [0.29, 0.717) is 16.4 Å². The van der Waals surface area contributed by atoms with Crippen LogP contribution in [0, 0.1) is 6.92 Å². The molecule has 1 aromatic heterocycles. The number of pyridine rings is 1. The molecule has 0 aliphatic rings. The molecule has 0 atom stereocenters. The van der Waals surface area contributed by atoms with Crippen LogP contribution < -0.4 is 5.32 Å². The van der Waals surface area contributed by atoms with Gasteiger partial charge < -0.3 is 5.32 Å². The maximum absolute atomic E-state index is 12.1. The average molecular weight is 309 g/mol. The smallest absolute Gasteiger partial charge is 0.257 e. The molecule has 0 saturated carbocycles. The summed E-state index contributed by atoms with van der Waals surface area (Å²) in [5, 5.41) is 2.61. The lowest BCUT2D eigenvalue weighted by molar-refractivity contribution is 0.102. The third-order valence-electron chi connectivity index (χ3n) is 2.67. The summed E-state index contributed by atoms with van der Waals surface area (Å²) in [7, 11) is 0. The predicted octanol–water partition coefficient (Wildman–Crippen LogP) is 3.67. The zero-order chi connectivity index (χ0) is 14.7. The van der Waals surface area contributed by atoms with Crippen LogP contribution in [0.4, 0.5) is 5.82 Å². The van der Waals surface area contributed by atoms with E-state index < -0.39 is 5.24 Å². The van der Waals surface area contributed by atoms with Crippen molar-refractivity contribution >= 4 is 40.2 Å². The topological polar surface area (TPSA) is 59.1 Å². The van der Waals surface area contributed by atoms with Crippen LogP contribution in [0.1, 0.15) is 26.3 Å². The van der Waals surface area contributed by atoms with Crippen LogP contribution in [0.3, 0.4) is 0 Å². The summed E-state index contributed by atoms with van der Waals surface area (Å²) in [5.74, 6) is 0.0441. The van der Waals surface area contributed by atoms with Crippen molar-refractivity contribution < 1.29 is 9.59 Å². The molecule has 0 radical (unpaired) electrons. The third-order valence-corrected chi connectivity index (χ3v) is 3.12. The highest BCUT2D eigenvalue weighted by atomic mass is 35.5. The first-order valence-corrected chi connectivity index (χ1v) is 6.46. The standard InChI is InChI=1S/C14H10Cl2N2O2/c1-8-6-10(15)3-4-11(8)14(20)18-12-5-2-9(7-17-12)13(16)19/h2-7H,1H3,(H,17,18,20). The summed E-state index contributed by atoms with van der Waals surface area (Å²) in [5.41, 5.74) is 1.54. The van der Waals surface area contributed by atoms with E-state index >= 15 is 0 Å². The molecule has 0 aliphatic heterocycles. The molecule has 1 N–H and O–H groups in total. The van der Waals surface area contributed by atoms with Crippen molar-refractivity contribution in [3.8, 4) is 0 Å². The Morgan fingerprint density at radius 1 is 1.20 bits per heavy atom. The zero-order valence-corrected chi connectivity index (χ0v) is 12.0. The lowest BCUT2D eigenvalue weighted by atomic mass is 10.1. The molecule has 0 bridgehead atoms. The first-order chi connectivity index (χ1) is 9.47. The predicted molar refractivity (Wildman–Crippen MR) is 78.6 cm³/mol. The van der Waals surface area contributed by atoms with Gasteiger partial charge in [-0.2, -0.15) is 0 Å². The Balaban J connectivity index is 2.17. The quantitative estimate of drug-likeness (QED) is 0.880. The van der Waals surface area contributed by atoms with E-state index in [1.807, 2.05) is 0 Å². The minimum Gasteiger partial charge on any atom is -0.307 e. The molecule has 2 rings (SSSR count). The number of aromatic nitrogens is 1. The SMILES string of the molecule is Cc1cc(Cl)ccc1C(=O)Nc1ccc(C(=O)Cl)cn1. The highest BCUT2D eigenvalue weighted by Crippen LogP contribution is 2.16. The molecule has 0 spiro atoms. The molecule has 20 heavy (non-hydrogen) atoms. The number of rotatable bonds is 3. The van der Waals surface area contributed by atoms with Crippen LogP contribution in [0.25, 0.3) is 0 Å². The maximum atomic E-state index is 12.1. The summed E-state index contributed by atoms with van der Waals surface area (Å²) < 4.78 is 0. The summed E-state index contributed by atoms with van der Waals surface area (Å²) in [6, 6.07) is 8.00. The number of benzene rings is 1. The minimum absolute atomic E-state index is 0.271. The fraction of sp³-hybridized carbons (Fsp3) is 0.0714. The number of amides is 1. The van der Waals surface area contributed by atoms with Gasteiger partial charge in [-0.25, -0.2) is 4.98 Å².